The first-order valence-electron chi connectivity index (χ1n) is 4.14. The SMILES string of the molecule is C/C=C/C(CCCCCl)C(=O)O. The number of alkyl halides is 1. The molecule has 3 heteroatoms. The van der Waals surface area contributed by atoms with Crippen LogP contribution >= 0.6 is 11.6 Å². The molecule has 12 heavy (non-hydrogen) atoms. The van der Waals surface area contributed by atoms with Crippen molar-refractivity contribution in [2.75, 3.05) is 5.88 Å². The van der Waals surface area contributed by atoms with Crippen LogP contribution in [0, 0.1) is 5.92 Å². The van der Waals surface area contributed by atoms with Crippen LogP contribution in [0.25, 0.3) is 0 Å². The van der Waals surface area contributed by atoms with Gasteiger partial charge in [0.05, 0.1) is 5.92 Å². The van der Waals surface area contributed by atoms with E-state index in [9.17, 15) is 4.79 Å². The van der Waals surface area contributed by atoms with Gasteiger partial charge in [-0.1, -0.05) is 18.6 Å². The number of carboxylic acids is 1. The highest BCUT2D eigenvalue weighted by atomic mass is 35.5. The van der Waals surface area contributed by atoms with Crippen LogP contribution in [0.1, 0.15) is 26.2 Å². The Hall–Kier alpha value is -0.500. The summed E-state index contributed by atoms with van der Waals surface area (Å²) in [4.78, 5) is 10.6. The smallest absolute Gasteiger partial charge is 0.310 e. The van der Waals surface area contributed by atoms with Crippen LogP contribution < -0.4 is 0 Å². The van der Waals surface area contributed by atoms with E-state index in [1.807, 2.05) is 6.92 Å². The van der Waals surface area contributed by atoms with Crippen molar-refractivity contribution in [3.05, 3.63) is 12.2 Å². The Kier molecular flexibility index (Phi) is 6.87. The van der Waals surface area contributed by atoms with Crippen molar-refractivity contribution in [1.29, 1.82) is 0 Å². The minimum atomic E-state index is -0.748. The van der Waals surface area contributed by atoms with Gasteiger partial charge in [0.2, 0.25) is 0 Å². The molecule has 1 N–H and O–H groups in total. The quantitative estimate of drug-likeness (QED) is 0.397. The predicted octanol–water partition coefficient (Wildman–Crippen LogP) is 2.67. The number of hydrogen-bond donors (Lipinski definition) is 1. The number of carbonyl (C=O) groups is 1. The molecule has 0 spiro atoms. The highest BCUT2D eigenvalue weighted by Crippen LogP contribution is 2.10. The second kappa shape index (κ2) is 7.17. The summed E-state index contributed by atoms with van der Waals surface area (Å²) in [5.41, 5.74) is 0. The van der Waals surface area contributed by atoms with Crippen LogP contribution in [-0.2, 0) is 4.79 Å². The molecule has 0 aliphatic heterocycles. The zero-order valence-electron chi connectivity index (χ0n) is 7.29. The summed E-state index contributed by atoms with van der Waals surface area (Å²) in [5, 5.41) is 8.72. The van der Waals surface area contributed by atoms with E-state index in [-0.39, 0.29) is 5.92 Å². The van der Waals surface area contributed by atoms with E-state index in [0.29, 0.717) is 12.3 Å². The summed E-state index contributed by atoms with van der Waals surface area (Å²) >= 11 is 5.48. The fourth-order valence-corrected chi connectivity index (χ4v) is 1.18. The van der Waals surface area contributed by atoms with E-state index in [1.54, 1.807) is 12.2 Å². The Morgan fingerprint density at radius 2 is 2.25 bits per heavy atom. The largest absolute Gasteiger partial charge is 0.481 e. The van der Waals surface area contributed by atoms with Gasteiger partial charge in [-0.15, -0.1) is 11.6 Å². The number of carboxylic acid groups (broad SMARTS) is 1. The first-order chi connectivity index (χ1) is 5.72. The van der Waals surface area contributed by atoms with Crippen molar-refractivity contribution >= 4 is 17.6 Å². The molecule has 0 rings (SSSR count). The molecular weight excluding hydrogens is 176 g/mol. The second-order valence-corrected chi connectivity index (χ2v) is 3.03. The molecule has 2 nitrogen and oxygen atoms in total. The molecule has 0 aliphatic carbocycles. The Morgan fingerprint density at radius 3 is 2.67 bits per heavy atom. The van der Waals surface area contributed by atoms with Gasteiger partial charge >= 0.3 is 5.97 Å². The summed E-state index contributed by atoms with van der Waals surface area (Å²) in [5.74, 6) is -0.469. The van der Waals surface area contributed by atoms with E-state index in [0.717, 1.165) is 12.8 Å². The number of unbranched alkanes of at least 4 members (excludes halogenated alkanes) is 1. The van der Waals surface area contributed by atoms with Gasteiger partial charge < -0.3 is 5.11 Å². The fourth-order valence-electron chi connectivity index (χ4n) is 0.993. The predicted molar refractivity (Wildman–Crippen MR) is 50.5 cm³/mol. The summed E-state index contributed by atoms with van der Waals surface area (Å²) in [7, 11) is 0. The summed E-state index contributed by atoms with van der Waals surface area (Å²) in [6, 6.07) is 0. The minimum Gasteiger partial charge on any atom is -0.481 e. The lowest BCUT2D eigenvalue weighted by Crippen LogP contribution is -2.10. The molecule has 0 saturated carbocycles. The van der Waals surface area contributed by atoms with Gasteiger partial charge in [-0.05, 0) is 19.8 Å². The monoisotopic (exact) mass is 190 g/mol. The minimum absolute atomic E-state index is 0.335. The molecule has 0 amide bonds. The molecule has 0 heterocycles. The highest BCUT2D eigenvalue weighted by Gasteiger charge is 2.11. The van der Waals surface area contributed by atoms with Crippen molar-refractivity contribution in [1.82, 2.24) is 0 Å². The van der Waals surface area contributed by atoms with E-state index in [2.05, 4.69) is 0 Å². The average molecular weight is 191 g/mol. The van der Waals surface area contributed by atoms with E-state index in [4.69, 9.17) is 16.7 Å². The standard InChI is InChI=1S/C9H15ClO2/c1-2-5-8(9(11)12)6-3-4-7-10/h2,5,8H,3-4,6-7H2,1H3,(H,11,12)/b5-2+. The van der Waals surface area contributed by atoms with Crippen LogP contribution in [0.15, 0.2) is 12.2 Å². The molecule has 70 valence electrons. The van der Waals surface area contributed by atoms with Gasteiger partial charge in [0.1, 0.15) is 0 Å². The van der Waals surface area contributed by atoms with Crippen LogP contribution in [0.4, 0.5) is 0 Å². The topological polar surface area (TPSA) is 37.3 Å². The summed E-state index contributed by atoms with van der Waals surface area (Å²) in [6.45, 7) is 1.83. The molecule has 0 saturated heterocycles. The van der Waals surface area contributed by atoms with Crippen molar-refractivity contribution in [2.24, 2.45) is 5.92 Å². The maximum atomic E-state index is 10.6. The van der Waals surface area contributed by atoms with Gasteiger partial charge in [-0.25, -0.2) is 0 Å². The number of rotatable bonds is 6. The summed E-state index contributed by atoms with van der Waals surface area (Å²) < 4.78 is 0. The second-order valence-electron chi connectivity index (χ2n) is 2.66. The zero-order chi connectivity index (χ0) is 9.40. The lowest BCUT2D eigenvalue weighted by Gasteiger charge is -2.05. The number of allylic oxidation sites excluding steroid dienone is 1. The van der Waals surface area contributed by atoms with Gasteiger partial charge in [0.25, 0.3) is 0 Å². The number of aliphatic carboxylic acids is 1. The van der Waals surface area contributed by atoms with Crippen molar-refractivity contribution in [3.8, 4) is 0 Å². The van der Waals surface area contributed by atoms with Crippen LogP contribution in [0.5, 0.6) is 0 Å². The van der Waals surface area contributed by atoms with Crippen molar-refractivity contribution in [2.45, 2.75) is 26.2 Å². The van der Waals surface area contributed by atoms with E-state index >= 15 is 0 Å². The first kappa shape index (κ1) is 11.5. The molecule has 0 bridgehead atoms. The number of hydrogen-bond acceptors (Lipinski definition) is 1. The molecule has 0 radical (unpaired) electrons. The van der Waals surface area contributed by atoms with E-state index in [1.165, 1.54) is 0 Å². The zero-order valence-corrected chi connectivity index (χ0v) is 8.05. The molecule has 0 aromatic carbocycles. The molecule has 0 aliphatic rings. The van der Waals surface area contributed by atoms with E-state index < -0.39 is 5.97 Å². The molecule has 1 unspecified atom stereocenters. The van der Waals surface area contributed by atoms with Gasteiger partial charge in [-0.2, -0.15) is 0 Å². The third-order valence-corrected chi connectivity index (χ3v) is 1.91. The third-order valence-electron chi connectivity index (χ3n) is 1.64. The highest BCUT2D eigenvalue weighted by molar-refractivity contribution is 6.17. The summed E-state index contributed by atoms with van der Waals surface area (Å²) in [6.07, 6.45) is 5.95. The Balaban J connectivity index is 3.72. The Bertz CT molecular complexity index is 155. The molecule has 0 aromatic heterocycles. The Labute approximate surface area is 78.2 Å². The molecule has 0 aromatic rings. The van der Waals surface area contributed by atoms with Crippen LogP contribution in [0.2, 0.25) is 0 Å². The van der Waals surface area contributed by atoms with Crippen molar-refractivity contribution in [3.63, 3.8) is 0 Å². The normalized spacial score (nSPS) is 13.5. The van der Waals surface area contributed by atoms with Crippen molar-refractivity contribution < 1.29 is 9.90 Å². The van der Waals surface area contributed by atoms with Gasteiger partial charge in [-0.3, -0.25) is 4.79 Å². The van der Waals surface area contributed by atoms with Crippen LogP contribution in [0.3, 0.4) is 0 Å². The molecular formula is C9H15ClO2. The fraction of sp³-hybridized carbons (Fsp3) is 0.667. The maximum Gasteiger partial charge on any atom is 0.310 e. The third kappa shape index (κ3) is 5.19. The maximum absolute atomic E-state index is 10.6. The molecule has 1 atom stereocenters. The van der Waals surface area contributed by atoms with Gasteiger partial charge in [0.15, 0.2) is 0 Å². The van der Waals surface area contributed by atoms with Crippen LogP contribution in [-0.4, -0.2) is 17.0 Å². The Morgan fingerprint density at radius 1 is 1.58 bits per heavy atom. The lowest BCUT2D eigenvalue weighted by molar-refractivity contribution is -0.140. The van der Waals surface area contributed by atoms with Gasteiger partial charge in [0, 0.05) is 5.88 Å². The average Bonchev–Trinajstić information content (AvgIpc) is 2.03. The number of halogens is 1. The first-order valence-corrected chi connectivity index (χ1v) is 4.67. The molecule has 0 fully saturated rings. The lowest BCUT2D eigenvalue weighted by atomic mass is 10.0.